The molecule has 2 aromatic rings. The summed E-state index contributed by atoms with van der Waals surface area (Å²) in [5.41, 5.74) is 3.03. The molecule has 0 saturated carbocycles. The molecule has 0 saturated heterocycles. The molecule has 1 atom stereocenters. The Morgan fingerprint density at radius 1 is 1.10 bits per heavy atom. The average Bonchev–Trinajstić information content (AvgIpc) is 2.47. The van der Waals surface area contributed by atoms with Gasteiger partial charge in [-0.25, -0.2) is 4.39 Å². The first-order chi connectivity index (χ1) is 10.0. The molecule has 1 amide bonds. The van der Waals surface area contributed by atoms with Gasteiger partial charge in [0, 0.05) is 6.08 Å². The van der Waals surface area contributed by atoms with Crippen LogP contribution in [0, 0.1) is 12.7 Å². The predicted molar refractivity (Wildman–Crippen MR) is 83.2 cm³/mol. The zero-order valence-corrected chi connectivity index (χ0v) is 12.1. The van der Waals surface area contributed by atoms with E-state index in [1.54, 1.807) is 18.2 Å². The lowest BCUT2D eigenvalue weighted by Gasteiger charge is -2.13. The molecule has 0 radical (unpaired) electrons. The molecule has 1 N–H and O–H groups in total. The van der Waals surface area contributed by atoms with Crippen LogP contribution in [-0.4, -0.2) is 5.91 Å². The first-order valence-electron chi connectivity index (χ1n) is 6.85. The quantitative estimate of drug-likeness (QED) is 0.843. The van der Waals surface area contributed by atoms with Gasteiger partial charge in [-0.05, 0) is 43.2 Å². The predicted octanol–water partition coefficient (Wildman–Crippen LogP) is 4.02. The molecule has 0 heterocycles. The van der Waals surface area contributed by atoms with E-state index in [2.05, 4.69) is 5.32 Å². The summed E-state index contributed by atoms with van der Waals surface area (Å²) in [6.07, 6.45) is 3.12. The molecule has 0 aliphatic carbocycles. The van der Waals surface area contributed by atoms with Gasteiger partial charge in [-0.15, -0.1) is 0 Å². The first-order valence-corrected chi connectivity index (χ1v) is 6.85. The second-order valence-corrected chi connectivity index (χ2v) is 5.03. The third-order valence-electron chi connectivity index (χ3n) is 3.23. The van der Waals surface area contributed by atoms with Crippen LogP contribution in [0.5, 0.6) is 0 Å². The summed E-state index contributed by atoms with van der Waals surface area (Å²) in [4.78, 5) is 11.9. The summed E-state index contributed by atoms with van der Waals surface area (Å²) in [6, 6.07) is 14.0. The summed E-state index contributed by atoms with van der Waals surface area (Å²) in [5, 5.41) is 2.90. The van der Waals surface area contributed by atoms with Gasteiger partial charge in [-0.3, -0.25) is 4.79 Å². The Morgan fingerprint density at radius 2 is 1.71 bits per heavy atom. The van der Waals surface area contributed by atoms with E-state index in [1.165, 1.54) is 23.8 Å². The number of aryl methyl sites for hydroxylation is 1. The number of hydrogen-bond donors (Lipinski definition) is 1. The minimum Gasteiger partial charge on any atom is -0.346 e. The van der Waals surface area contributed by atoms with E-state index in [-0.39, 0.29) is 17.8 Å². The Morgan fingerprint density at radius 3 is 2.33 bits per heavy atom. The van der Waals surface area contributed by atoms with Gasteiger partial charge in [-0.1, -0.05) is 42.0 Å². The molecular formula is C18H18FNO. The maximum Gasteiger partial charge on any atom is 0.244 e. The van der Waals surface area contributed by atoms with E-state index in [4.69, 9.17) is 0 Å². The SMILES string of the molecule is Cc1ccc([C@H](C)NC(=O)/C=C/c2ccc(F)cc2)cc1. The minimum absolute atomic E-state index is 0.0593. The van der Waals surface area contributed by atoms with Crippen molar-refractivity contribution in [3.05, 3.63) is 77.1 Å². The Balaban J connectivity index is 1.94. The van der Waals surface area contributed by atoms with Crippen LogP contribution in [0.2, 0.25) is 0 Å². The summed E-state index contributed by atoms with van der Waals surface area (Å²) in [7, 11) is 0. The number of carbonyl (C=O) groups is 1. The zero-order valence-electron chi connectivity index (χ0n) is 12.1. The van der Waals surface area contributed by atoms with Crippen molar-refractivity contribution in [2.45, 2.75) is 19.9 Å². The number of hydrogen-bond acceptors (Lipinski definition) is 1. The average molecular weight is 283 g/mol. The van der Waals surface area contributed by atoms with Crippen LogP contribution in [-0.2, 0) is 4.79 Å². The van der Waals surface area contributed by atoms with Crippen molar-refractivity contribution in [1.29, 1.82) is 0 Å². The van der Waals surface area contributed by atoms with Crippen LogP contribution >= 0.6 is 0 Å². The molecule has 0 aromatic heterocycles. The largest absolute Gasteiger partial charge is 0.346 e. The smallest absolute Gasteiger partial charge is 0.244 e. The Hall–Kier alpha value is -2.42. The molecule has 0 spiro atoms. The highest BCUT2D eigenvalue weighted by Gasteiger charge is 2.06. The highest BCUT2D eigenvalue weighted by molar-refractivity contribution is 5.91. The standard InChI is InChI=1S/C18H18FNO/c1-13-3-8-16(9-4-13)14(2)20-18(21)12-7-15-5-10-17(19)11-6-15/h3-12,14H,1-2H3,(H,20,21)/b12-7+/t14-/m0/s1. The number of amides is 1. The number of halogens is 1. The molecule has 0 fully saturated rings. The minimum atomic E-state index is -0.287. The highest BCUT2D eigenvalue weighted by Crippen LogP contribution is 2.13. The maximum atomic E-state index is 12.8. The molecular weight excluding hydrogens is 265 g/mol. The third kappa shape index (κ3) is 4.56. The van der Waals surface area contributed by atoms with Crippen LogP contribution in [0.4, 0.5) is 4.39 Å². The van der Waals surface area contributed by atoms with Gasteiger partial charge >= 0.3 is 0 Å². The second kappa shape index (κ2) is 6.84. The van der Waals surface area contributed by atoms with Crippen LogP contribution < -0.4 is 5.32 Å². The molecule has 2 rings (SSSR count). The summed E-state index contributed by atoms with van der Waals surface area (Å²) < 4.78 is 12.8. The molecule has 3 heteroatoms. The monoisotopic (exact) mass is 283 g/mol. The van der Waals surface area contributed by atoms with E-state index in [0.29, 0.717) is 0 Å². The molecule has 2 aromatic carbocycles. The van der Waals surface area contributed by atoms with Crippen molar-refractivity contribution < 1.29 is 9.18 Å². The van der Waals surface area contributed by atoms with Gasteiger partial charge in [0.25, 0.3) is 0 Å². The van der Waals surface area contributed by atoms with Gasteiger partial charge in [0.2, 0.25) is 5.91 Å². The van der Waals surface area contributed by atoms with Gasteiger partial charge in [-0.2, -0.15) is 0 Å². The van der Waals surface area contributed by atoms with Gasteiger partial charge in [0.1, 0.15) is 5.82 Å². The van der Waals surface area contributed by atoms with Gasteiger partial charge in [0.05, 0.1) is 6.04 Å². The fourth-order valence-corrected chi connectivity index (χ4v) is 1.95. The maximum absolute atomic E-state index is 12.8. The zero-order chi connectivity index (χ0) is 15.2. The molecule has 2 nitrogen and oxygen atoms in total. The number of nitrogens with one attached hydrogen (secondary N) is 1. The van der Waals surface area contributed by atoms with Crippen molar-refractivity contribution in [2.75, 3.05) is 0 Å². The number of carbonyl (C=O) groups excluding carboxylic acids is 1. The Bertz CT molecular complexity index is 629. The lowest BCUT2D eigenvalue weighted by Crippen LogP contribution is -2.24. The Labute approximate surface area is 124 Å². The topological polar surface area (TPSA) is 29.1 Å². The second-order valence-electron chi connectivity index (χ2n) is 5.03. The Kier molecular flexibility index (Phi) is 4.88. The highest BCUT2D eigenvalue weighted by atomic mass is 19.1. The van der Waals surface area contributed by atoms with Crippen LogP contribution in [0.3, 0.4) is 0 Å². The van der Waals surface area contributed by atoms with Crippen molar-refractivity contribution >= 4 is 12.0 Å². The van der Waals surface area contributed by atoms with E-state index >= 15 is 0 Å². The van der Waals surface area contributed by atoms with E-state index < -0.39 is 0 Å². The van der Waals surface area contributed by atoms with E-state index in [9.17, 15) is 9.18 Å². The van der Waals surface area contributed by atoms with Crippen LogP contribution in [0.15, 0.2) is 54.6 Å². The van der Waals surface area contributed by atoms with Gasteiger partial charge < -0.3 is 5.32 Å². The fraction of sp³-hybridized carbons (Fsp3) is 0.167. The molecule has 0 aliphatic rings. The van der Waals surface area contributed by atoms with Crippen LogP contribution in [0.25, 0.3) is 6.08 Å². The number of rotatable bonds is 4. The first kappa shape index (κ1) is 15.0. The molecule has 21 heavy (non-hydrogen) atoms. The lowest BCUT2D eigenvalue weighted by molar-refractivity contribution is -0.117. The van der Waals surface area contributed by atoms with Crippen molar-refractivity contribution in [3.8, 4) is 0 Å². The molecule has 0 aliphatic heterocycles. The van der Waals surface area contributed by atoms with Crippen molar-refractivity contribution in [3.63, 3.8) is 0 Å². The number of benzene rings is 2. The van der Waals surface area contributed by atoms with Gasteiger partial charge in [0.15, 0.2) is 0 Å². The fourth-order valence-electron chi connectivity index (χ4n) is 1.95. The molecule has 0 bridgehead atoms. The summed E-state index contributed by atoms with van der Waals surface area (Å²) in [6.45, 7) is 3.97. The summed E-state index contributed by atoms with van der Waals surface area (Å²) in [5.74, 6) is -0.461. The molecule has 0 unspecified atom stereocenters. The lowest BCUT2D eigenvalue weighted by atomic mass is 10.1. The van der Waals surface area contributed by atoms with Crippen LogP contribution in [0.1, 0.15) is 29.7 Å². The summed E-state index contributed by atoms with van der Waals surface area (Å²) >= 11 is 0. The van der Waals surface area contributed by atoms with E-state index in [1.807, 2.05) is 38.1 Å². The van der Waals surface area contributed by atoms with E-state index in [0.717, 1.165) is 11.1 Å². The third-order valence-corrected chi connectivity index (χ3v) is 3.23. The molecule has 108 valence electrons. The normalized spacial score (nSPS) is 12.3. The van der Waals surface area contributed by atoms with Crippen molar-refractivity contribution in [1.82, 2.24) is 5.32 Å². The van der Waals surface area contributed by atoms with Crippen molar-refractivity contribution in [2.24, 2.45) is 0 Å².